The summed E-state index contributed by atoms with van der Waals surface area (Å²) in [6, 6.07) is 22.9. The molecule has 0 aromatic heterocycles. The van der Waals surface area contributed by atoms with E-state index in [1.165, 1.54) is 26.9 Å². The lowest BCUT2D eigenvalue weighted by atomic mass is 9.96. The quantitative estimate of drug-likeness (QED) is 0.444. The van der Waals surface area contributed by atoms with Gasteiger partial charge < -0.3 is 9.68 Å². The Morgan fingerprint density at radius 1 is 0.714 bits per heavy atom. The molecule has 0 spiro atoms. The van der Waals surface area contributed by atoms with E-state index in [2.05, 4.69) is 54.6 Å². The van der Waals surface area contributed by atoms with Crippen LogP contribution in [0.1, 0.15) is 0 Å². The van der Waals surface area contributed by atoms with E-state index in [0.717, 1.165) is 5.39 Å². The van der Waals surface area contributed by atoms with Crippen LogP contribution in [0, 0.1) is 0 Å². The molecule has 0 radical (unpaired) electrons. The van der Waals surface area contributed by atoms with Crippen molar-refractivity contribution in [1.29, 1.82) is 0 Å². The molecule has 0 aliphatic rings. The fraction of sp³-hybridized carbons (Fsp3) is 0. The Labute approximate surface area is 122 Å². The van der Waals surface area contributed by atoms with Gasteiger partial charge >= 0.3 is 7.69 Å². The maximum absolute atomic E-state index is 8.88. The van der Waals surface area contributed by atoms with Crippen molar-refractivity contribution in [2.45, 2.75) is 0 Å². The summed E-state index contributed by atoms with van der Waals surface area (Å²) in [6.45, 7) is 0. The summed E-state index contributed by atoms with van der Waals surface area (Å²) in [7, 11) is -0.304. The molecule has 0 saturated heterocycles. The van der Waals surface area contributed by atoms with Crippen LogP contribution in [0.15, 0.2) is 66.7 Å². The van der Waals surface area contributed by atoms with Crippen molar-refractivity contribution in [3.8, 4) is 5.75 Å². The van der Waals surface area contributed by atoms with E-state index in [4.69, 9.17) is 9.68 Å². The maximum atomic E-state index is 8.88. The van der Waals surface area contributed by atoms with Crippen LogP contribution in [-0.2, 0) is 0 Å². The van der Waals surface area contributed by atoms with Crippen molar-refractivity contribution in [3.05, 3.63) is 66.7 Å². The summed E-state index contributed by atoms with van der Waals surface area (Å²) in [6.07, 6.45) is 0. The van der Waals surface area contributed by atoms with Gasteiger partial charge in [0, 0.05) is 0 Å². The molecule has 0 atom stereocenters. The smallest absolute Gasteiger partial charge is 0.504 e. The van der Waals surface area contributed by atoms with Gasteiger partial charge in [-0.15, -0.1) is 0 Å². The number of hydrogen-bond acceptors (Lipinski definition) is 2. The second kappa shape index (κ2) is 4.79. The first-order valence-electron chi connectivity index (χ1n) is 6.95. The summed E-state index contributed by atoms with van der Waals surface area (Å²) in [4.78, 5) is 0. The van der Waals surface area contributed by atoms with Gasteiger partial charge in [-0.25, -0.2) is 0 Å². The van der Waals surface area contributed by atoms with Crippen LogP contribution in [0.3, 0.4) is 0 Å². The number of fused-ring (bicyclic) bond motifs is 5. The minimum absolute atomic E-state index is 0.304. The van der Waals surface area contributed by atoms with Gasteiger partial charge in [0.25, 0.3) is 0 Å². The molecule has 0 aliphatic carbocycles. The number of hydrogen-bond donors (Lipinski definition) is 1. The lowest BCUT2D eigenvalue weighted by Crippen LogP contribution is -1.99. The van der Waals surface area contributed by atoms with Crippen molar-refractivity contribution >= 4 is 40.0 Å². The first kappa shape index (κ1) is 12.2. The van der Waals surface area contributed by atoms with Crippen molar-refractivity contribution < 1.29 is 9.68 Å². The normalized spacial score (nSPS) is 11.1. The Hall–Kier alpha value is -2.52. The zero-order valence-electron chi connectivity index (χ0n) is 11.4. The van der Waals surface area contributed by atoms with Crippen molar-refractivity contribution in [2.24, 2.45) is 0 Å². The minimum Gasteiger partial charge on any atom is -0.539 e. The van der Waals surface area contributed by atoms with Crippen molar-refractivity contribution in [2.75, 3.05) is 0 Å². The van der Waals surface area contributed by atoms with Crippen molar-refractivity contribution in [1.82, 2.24) is 0 Å². The third-order valence-electron chi connectivity index (χ3n) is 3.93. The van der Waals surface area contributed by atoms with E-state index in [0.29, 0.717) is 5.75 Å². The Kier molecular flexibility index (Phi) is 2.79. The van der Waals surface area contributed by atoms with E-state index < -0.39 is 0 Å². The predicted octanol–water partition coefficient (Wildman–Crippen LogP) is 3.78. The van der Waals surface area contributed by atoms with Gasteiger partial charge in [0.1, 0.15) is 5.75 Å². The zero-order valence-corrected chi connectivity index (χ0v) is 11.4. The maximum Gasteiger partial charge on any atom is 0.504 e. The molecule has 3 heteroatoms. The number of benzene rings is 4. The molecule has 0 amide bonds. The topological polar surface area (TPSA) is 29.5 Å². The highest BCUT2D eigenvalue weighted by molar-refractivity contribution is 6.20. The van der Waals surface area contributed by atoms with Crippen LogP contribution in [-0.4, -0.2) is 12.7 Å². The van der Waals surface area contributed by atoms with Gasteiger partial charge in [0.15, 0.2) is 0 Å². The average Bonchev–Trinajstić information content (AvgIpc) is 2.54. The molecule has 0 aliphatic heterocycles. The Morgan fingerprint density at radius 3 is 2.29 bits per heavy atom. The van der Waals surface area contributed by atoms with E-state index in [-0.39, 0.29) is 7.69 Å². The molecule has 4 aromatic carbocycles. The Balaban J connectivity index is 2.14. The highest BCUT2D eigenvalue weighted by atomic mass is 16.5. The van der Waals surface area contributed by atoms with Crippen LogP contribution in [0.5, 0.6) is 5.75 Å². The summed E-state index contributed by atoms with van der Waals surface area (Å²) < 4.78 is 5.17. The van der Waals surface area contributed by atoms with Crippen LogP contribution in [0.25, 0.3) is 32.3 Å². The first-order chi connectivity index (χ1) is 10.4. The molecule has 0 fully saturated rings. The molecule has 4 aromatic rings. The SMILES string of the molecule is OBOc1ccc2c(ccc3ccc4ccccc4c32)c1. The van der Waals surface area contributed by atoms with E-state index >= 15 is 0 Å². The summed E-state index contributed by atoms with van der Waals surface area (Å²) in [5.74, 6) is 0.685. The minimum atomic E-state index is -0.304. The fourth-order valence-electron chi connectivity index (χ4n) is 2.98. The molecule has 1 N–H and O–H groups in total. The molecule has 100 valence electrons. The first-order valence-corrected chi connectivity index (χ1v) is 6.95. The average molecular weight is 272 g/mol. The van der Waals surface area contributed by atoms with Gasteiger partial charge in [-0.2, -0.15) is 0 Å². The Morgan fingerprint density at radius 2 is 1.43 bits per heavy atom. The largest absolute Gasteiger partial charge is 0.539 e. The van der Waals surface area contributed by atoms with Gasteiger partial charge in [0.05, 0.1) is 0 Å². The molecule has 0 saturated carbocycles. The molecule has 0 unspecified atom stereocenters. The molecule has 2 nitrogen and oxygen atoms in total. The molecular formula is C18H13BO2. The third-order valence-corrected chi connectivity index (χ3v) is 3.93. The monoisotopic (exact) mass is 272 g/mol. The molecule has 21 heavy (non-hydrogen) atoms. The molecular weight excluding hydrogens is 259 g/mol. The summed E-state index contributed by atoms with van der Waals surface area (Å²) in [5, 5.41) is 16.2. The second-order valence-electron chi connectivity index (χ2n) is 5.11. The van der Waals surface area contributed by atoms with Crippen LogP contribution < -0.4 is 4.65 Å². The van der Waals surface area contributed by atoms with E-state index in [9.17, 15) is 0 Å². The van der Waals surface area contributed by atoms with Crippen LogP contribution in [0.2, 0.25) is 0 Å². The second-order valence-corrected chi connectivity index (χ2v) is 5.11. The summed E-state index contributed by atoms with van der Waals surface area (Å²) >= 11 is 0. The highest BCUT2D eigenvalue weighted by Crippen LogP contribution is 2.33. The standard InChI is InChI=1S/C18H13BO2/c20-19-21-15-9-10-17-14(11-15)8-7-13-6-5-12-3-1-2-4-16(12)18(13)17/h1-11,19-20H. The molecule has 0 bridgehead atoms. The van der Waals surface area contributed by atoms with Gasteiger partial charge in [-0.1, -0.05) is 54.6 Å². The highest BCUT2D eigenvalue weighted by Gasteiger charge is 2.06. The third kappa shape index (κ3) is 1.94. The van der Waals surface area contributed by atoms with Crippen molar-refractivity contribution in [3.63, 3.8) is 0 Å². The van der Waals surface area contributed by atoms with Crippen LogP contribution >= 0.6 is 0 Å². The van der Waals surface area contributed by atoms with Gasteiger partial charge in [-0.05, 0) is 44.5 Å². The molecule has 4 rings (SSSR count). The Bertz CT molecular complexity index is 963. The lowest BCUT2D eigenvalue weighted by Gasteiger charge is -2.09. The number of rotatable bonds is 2. The molecule has 0 heterocycles. The summed E-state index contributed by atoms with van der Waals surface area (Å²) in [5.41, 5.74) is 0. The predicted molar refractivity (Wildman–Crippen MR) is 89.0 cm³/mol. The van der Waals surface area contributed by atoms with E-state index in [1.54, 1.807) is 0 Å². The zero-order chi connectivity index (χ0) is 14.2. The fourth-order valence-corrected chi connectivity index (χ4v) is 2.98. The van der Waals surface area contributed by atoms with Gasteiger partial charge in [0.2, 0.25) is 0 Å². The van der Waals surface area contributed by atoms with E-state index in [1.807, 2.05) is 12.1 Å². The lowest BCUT2D eigenvalue weighted by molar-refractivity contribution is 0.454. The van der Waals surface area contributed by atoms with Crippen LogP contribution in [0.4, 0.5) is 0 Å². The van der Waals surface area contributed by atoms with Gasteiger partial charge in [-0.3, -0.25) is 0 Å².